The zero-order valence-corrected chi connectivity index (χ0v) is 11.6. The molecule has 7 heteroatoms. The Morgan fingerprint density at radius 2 is 2.00 bits per heavy atom. The summed E-state index contributed by atoms with van der Waals surface area (Å²) in [5.74, 6) is -1.94. The molecule has 0 saturated heterocycles. The second-order valence-corrected chi connectivity index (χ2v) is 4.67. The molecule has 0 saturated carbocycles. The van der Waals surface area contributed by atoms with Gasteiger partial charge < -0.3 is 15.5 Å². The molecule has 1 aromatic heterocycles. The van der Waals surface area contributed by atoms with Gasteiger partial charge in [-0.25, -0.2) is 4.79 Å². The first-order valence-corrected chi connectivity index (χ1v) is 6.24. The Labute approximate surface area is 120 Å². The number of rotatable bonds is 4. The van der Waals surface area contributed by atoms with E-state index < -0.39 is 11.7 Å². The van der Waals surface area contributed by atoms with Crippen LogP contribution in [-0.4, -0.2) is 31.9 Å². The Hall–Kier alpha value is -2.83. The van der Waals surface area contributed by atoms with E-state index in [1.807, 2.05) is 19.9 Å². The van der Waals surface area contributed by atoms with Crippen LogP contribution in [0.4, 0.5) is 5.69 Å². The minimum absolute atomic E-state index is 0.0428. The van der Waals surface area contributed by atoms with Crippen molar-refractivity contribution in [3.8, 4) is 5.75 Å². The number of hydrogen-bond donors (Lipinski definition) is 3. The fourth-order valence-corrected chi connectivity index (χ4v) is 1.96. The summed E-state index contributed by atoms with van der Waals surface area (Å²) in [6, 6.07) is 5.71. The highest BCUT2D eigenvalue weighted by Gasteiger charge is 2.12. The summed E-state index contributed by atoms with van der Waals surface area (Å²) in [6.45, 7) is 3.73. The van der Waals surface area contributed by atoms with E-state index in [1.165, 1.54) is 18.2 Å². The van der Waals surface area contributed by atoms with Gasteiger partial charge in [0.05, 0.1) is 5.69 Å². The molecule has 0 radical (unpaired) electrons. The third-order valence-corrected chi connectivity index (χ3v) is 2.91. The second kappa shape index (κ2) is 5.66. The van der Waals surface area contributed by atoms with Crippen molar-refractivity contribution in [2.24, 2.45) is 0 Å². The van der Waals surface area contributed by atoms with E-state index in [4.69, 9.17) is 5.11 Å². The molecule has 0 aliphatic rings. The number of carboxylic acids is 1. The maximum Gasteiger partial charge on any atom is 0.339 e. The molecule has 0 bridgehead atoms. The van der Waals surface area contributed by atoms with Crippen molar-refractivity contribution in [3.05, 3.63) is 41.2 Å². The number of carbonyl (C=O) groups is 2. The number of carboxylic acid groups (broad SMARTS) is 1. The quantitative estimate of drug-likeness (QED) is 0.792. The SMILES string of the molecule is Cc1cc(C)n(CC(=O)Nc2ccc(C(=O)O)c(O)c2)n1. The smallest absolute Gasteiger partial charge is 0.339 e. The lowest BCUT2D eigenvalue weighted by Crippen LogP contribution is -2.20. The number of amides is 1. The minimum atomic E-state index is -1.23. The van der Waals surface area contributed by atoms with Crippen molar-refractivity contribution in [1.82, 2.24) is 9.78 Å². The summed E-state index contributed by atoms with van der Waals surface area (Å²) >= 11 is 0. The van der Waals surface area contributed by atoms with Gasteiger partial charge >= 0.3 is 5.97 Å². The van der Waals surface area contributed by atoms with Gasteiger partial charge in [0.25, 0.3) is 0 Å². The summed E-state index contributed by atoms with van der Waals surface area (Å²) in [5.41, 5.74) is 1.80. The topological polar surface area (TPSA) is 104 Å². The molecule has 1 amide bonds. The molecule has 110 valence electrons. The maximum absolute atomic E-state index is 11.9. The molecule has 7 nitrogen and oxygen atoms in total. The van der Waals surface area contributed by atoms with Gasteiger partial charge in [-0.3, -0.25) is 9.48 Å². The zero-order valence-electron chi connectivity index (χ0n) is 11.6. The van der Waals surface area contributed by atoms with Crippen LogP contribution in [-0.2, 0) is 11.3 Å². The van der Waals surface area contributed by atoms with Crippen LogP contribution in [0.3, 0.4) is 0 Å². The van der Waals surface area contributed by atoms with Crippen LogP contribution in [0.5, 0.6) is 5.75 Å². The van der Waals surface area contributed by atoms with E-state index in [0.717, 1.165) is 11.4 Å². The molecule has 0 spiro atoms. The highest BCUT2D eigenvalue weighted by molar-refractivity contribution is 5.94. The van der Waals surface area contributed by atoms with E-state index in [9.17, 15) is 14.7 Å². The molecule has 0 aliphatic carbocycles. The molecule has 21 heavy (non-hydrogen) atoms. The number of carbonyl (C=O) groups excluding carboxylic acids is 1. The molecule has 2 aromatic rings. The molecule has 1 aromatic carbocycles. The molecule has 0 fully saturated rings. The summed E-state index contributed by atoms with van der Waals surface area (Å²) in [4.78, 5) is 22.7. The van der Waals surface area contributed by atoms with E-state index in [0.29, 0.717) is 5.69 Å². The third-order valence-electron chi connectivity index (χ3n) is 2.91. The predicted octanol–water partition coefficient (Wildman–Crippen LogP) is 1.54. The number of anilines is 1. The van der Waals surface area contributed by atoms with Gasteiger partial charge in [-0.2, -0.15) is 5.10 Å². The highest BCUT2D eigenvalue weighted by Crippen LogP contribution is 2.21. The molecular weight excluding hydrogens is 274 g/mol. The number of aromatic carboxylic acids is 1. The van der Waals surface area contributed by atoms with Crippen LogP contribution in [0, 0.1) is 13.8 Å². The van der Waals surface area contributed by atoms with E-state index in [2.05, 4.69) is 10.4 Å². The Kier molecular flexibility index (Phi) is 3.93. The normalized spacial score (nSPS) is 10.4. The van der Waals surface area contributed by atoms with Crippen LogP contribution < -0.4 is 5.32 Å². The molecule has 0 aliphatic heterocycles. The number of nitrogens with zero attached hydrogens (tertiary/aromatic N) is 2. The van der Waals surface area contributed by atoms with Crippen molar-refractivity contribution in [2.45, 2.75) is 20.4 Å². The summed E-state index contributed by atoms with van der Waals surface area (Å²) in [5, 5.41) is 25.1. The molecule has 0 atom stereocenters. The van der Waals surface area contributed by atoms with Gasteiger partial charge in [-0.05, 0) is 32.0 Å². The van der Waals surface area contributed by atoms with Crippen LogP contribution in [0.1, 0.15) is 21.7 Å². The number of hydrogen-bond acceptors (Lipinski definition) is 4. The summed E-state index contributed by atoms with van der Waals surface area (Å²) < 4.78 is 1.57. The number of aromatic hydroxyl groups is 1. The standard InChI is InChI=1S/C14H15N3O4/c1-8-5-9(2)17(16-8)7-13(19)15-10-3-4-11(14(20)21)12(18)6-10/h3-6,18H,7H2,1-2H3,(H,15,19)(H,20,21). The first-order chi connectivity index (χ1) is 9.86. The Bertz CT molecular complexity index is 706. The van der Waals surface area contributed by atoms with Crippen molar-refractivity contribution in [1.29, 1.82) is 0 Å². The average molecular weight is 289 g/mol. The van der Waals surface area contributed by atoms with Gasteiger partial charge in [0.2, 0.25) is 5.91 Å². The van der Waals surface area contributed by atoms with Crippen LogP contribution >= 0.6 is 0 Å². The average Bonchev–Trinajstić information content (AvgIpc) is 2.67. The summed E-state index contributed by atoms with van der Waals surface area (Å²) in [6.07, 6.45) is 0. The van der Waals surface area contributed by atoms with Crippen LogP contribution in [0.15, 0.2) is 24.3 Å². The zero-order chi connectivity index (χ0) is 15.6. The van der Waals surface area contributed by atoms with Gasteiger partial charge in [-0.15, -0.1) is 0 Å². The molecular formula is C14H15N3O4. The molecule has 2 rings (SSSR count). The Balaban J connectivity index is 2.08. The number of aryl methyl sites for hydroxylation is 2. The van der Waals surface area contributed by atoms with Gasteiger partial charge in [-0.1, -0.05) is 0 Å². The first-order valence-electron chi connectivity index (χ1n) is 6.24. The van der Waals surface area contributed by atoms with Crippen molar-refractivity contribution >= 4 is 17.6 Å². The lowest BCUT2D eigenvalue weighted by molar-refractivity contribution is -0.116. The van der Waals surface area contributed by atoms with E-state index in [-0.39, 0.29) is 18.0 Å². The fraction of sp³-hybridized carbons (Fsp3) is 0.214. The lowest BCUT2D eigenvalue weighted by atomic mass is 10.2. The predicted molar refractivity (Wildman–Crippen MR) is 75.4 cm³/mol. The van der Waals surface area contributed by atoms with Crippen molar-refractivity contribution < 1.29 is 19.8 Å². The van der Waals surface area contributed by atoms with Crippen molar-refractivity contribution in [2.75, 3.05) is 5.32 Å². The second-order valence-electron chi connectivity index (χ2n) is 4.67. The Morgan fingerprint density at radius 3 is 2.52 bits per heavy atom. The third kappa shape index (κ3) is 3.38. The molecule has 3 N–H and O–H groups in total. The van der Waals surface area contributed by atoms with Gasteiger partial charge in [0.15, 0.2) is 0 Å². The van der Waals surface area contributed by atoms with Crippen LogP contribution in [0.2, 0.25) is 0 Å². The summed E-state index contributed by atoms with van der Waals surface area (Å²) in [7, 11) is 0. The monoisotopic (exact) mass is 289 g/mol. The first kappa shape index (κ1) is 14.6. The molecule has 1 heterocycles. The molecule has 0 unspecified atom stereocenters. The lowest BCUT2D eigenvalue weighted by Gasteiger charge is -2.08. The number of benzene rings is 1. The minimum Gasteiger partial charge on any atom is -0.507 e. The number of aromatic nitrogens is 2. The maximum atomic E-state index is 11.9. The van der Waals surface area contributed by atoms with Gasteiger partial charge in [0, 0.05) is 17.4 Å². The number of phenols is 1. The van der Waals surface area contributed by atoms with Crippen LogP contribution in [0.25, 0.3) is 0 Å². The van der Waals surface area contributed by atoms with Gasteiger partial charge in [0.1, 0.15) is 17.9 Å². The van der Waals surface area contributed by atoms with Crippen molar-refractivity contribution in [3.63, 3.8) is 0 Å². The van der Waals surface area contributed by atoms with E-state index in [1.54, 1.807) is 4.68 Å². The largest absolute Gasteiger partial charge is 0.507 e. The fourth-order valence-electron chi connectivity index (χ4n) is 1.96. The Morgan fingerprint density at radius 1 is 1.29 bits per heavy atom. The highest BCUT2D eigenvalue weighted by atomic mass is 16.4. The van der Waals surface area contributed by atoms with E-state index >= 15 is 0 Å². The number of nitrogens with one attached hydrogen (secondary N) is 1.